The molecule has 0 aliphatic carbocycles. The Morgan fingerprint density at radius 1 is 0.478 bits per heavy atom. The van der Waals surface area contributed by atoms with Crippen LogP contribution in [-0.2, 0) is 22.7 Å². The zero-order chi connectivity index (χ0) is 35.1. The number of quaternary nitrogens is 2. The van der Waals surface area contributed by atoms with E-state index in [9.17, 15) is 0 Å². The van der Waals surface area contributed by atoms with Crippen LogP contribution >= 0.6 is 0 Å². The lowest BCUT2D eigenvalue weighted by Gasteiger charge is -2.33. The molecule has 0 fully saturated rings. The fourth-order valence-corrected chi connectivity index (χ4v) is 6.00. The van der Waals surface area contributed by atoms with Crippen LogP contribution in [0.2, 0.25) is 0 Å². The highest BCUT2D eigenvalue weighted by atomic mass is 16.4. The van der Waals surface area contributed by atoms with Crippen LogP contribution in [0.25, 0.3) is 0 Å². The second kappa shape index (κ2) is 30.4. The van der Waals surface area contributed by atoms with E-state index in [4.69, 9.17) is 19.8 Å². The van der Waals surface area contributed by atoms with Crippen LogP contribution in [0.15, 0.2) is 24.3 Å². The number of carbonyl (C=O) groups is 2. The summed E-state index contributed by atoms with van der Waals surface area (Å²) in [5.41, 5.74) is 3.14. The minimum Gasteiger partial charge on any atom is -0.550 e. The molecule has 0 N–H and O–H groups in total. The number of unbranched alkanes of at least 4 members (excludes halogenated alkanes) is 18. The van der Waals surface area contributed by atoms with Crippen LogP contribution in [0.4, 0.5) is 0 Å². The topological polar surface area (TPSA) is 80.3 Å². The van der Waals surface area contributed by atoms with E-state index in [1.807, 2.05) is 0 Å². The average Bonchev–Trinajstić information content (AvgIpc) is 2.95. The second-order valence-electron chi connectivity index (χ2n) is 14.8. The van der Waals surface area contributed by atoms with Crippen LogP contribution in [0.1, 0.15) is 167 Å². The molecule has 0 unspecified atom stereocenters. The number of aliphatic carboxylic acids is 2. The predicted molar refractivity (Wildman–Crippen MR) is 193 cm³/mol. The van der Waals surface area contributed by atoms with Gasteiger partial charge in [-0.25, -0.2) is 0 Å². The molecule has 0 aliphatic rings. The van der Waals surface area contributed by atoms with Gasteiger partial charge in [0.25, 0.3) is 0 Å². The molecule has 0 aromatic heterocycles. The fourth-order valence-electron chi connectivity index (χ4n) is 6.00. The van der Waals surface area contributed by atoms with Crippen molar-refractivity contribution in [2.24, 2.45) is 0 Å². The van der Waals surface area contributed by atoms with E-state index in [0.29, 0.717) is 0 Å². The van der Waals surface area contributed by atoms with Crippen molar-refractivity contribution in [2.75, 3.05) is 41.3 Å². The Morgan fingerprint density at radius 2 is 0.696 bits per heavy atom. The first-order chi connectivity index (χ1) is 21.8. The van der Waals surface area contributed by atoms with Crippen LogP contribution < -0.4 is 10.2 Å². The number of hydrogen-bond acceptors (Lipinski definition) is 4. The van der Waals surface area contributed by atoms with E-state index in [-0.39, 0.29) is 0 Å². The first kappa shape index (κ1) is 46.2. The van der Waals surface area contributed by atoms with Gasteiger partial charge in [-0.3, -0.25) is 0 Å². The van der Waals surface area contributed by atoms with Gasteiger partial charge in [0.15, 0.2) is 0 Å². The van der Waals surface area contributed by atoms with Crippen molar-refractivity contribution in [3.8, 4) is 0 Å². The summed E-state index contributed by atoms with van der Waals surface area (Å²) in [6, 6.07) is 9.30. The summed E-state index contributed by atoms with van der Waals surface area (Å²) in [5, 5.41) is 17.8. The molecule has 6 nitrogen and oxygen atoms in total. The van der Waals surface area contributed by atoms with Gasteiger partial charge in [0.05, 0.1) is 41.3 Å². The summed E-state index contributed by atoms with van der Waals surface area (Å²) in [7, 11) is 9.76. The third-order valence-corrected chi connectivity index (χ3v) is 8.55. The summed E-state index contributed by atoms with van der Waals surface area (Å²) in [5.74, 6) is -2.17. The van der Waals surface area contributed by atoms with Gasteiger partial charge < -0.3 is 28.8 Å². The molecule has 0 bridgehead atoms. The summed E-state index contributed by atoms with van der Waals surface area (Å²) in [6.45, 7) is 11.5. The van der Waals surface area contributed by atoms with Crippen molar-refractivity contribution in [1.29, 1.82) is 0 Å². The van der Waals surface area contributed by atoms with Gasteiger partial charge in [0, 0.05) is 23.1 Å². The first-order valence-corrected chi connectivity index (χ1v) is 18.8. The largest absolute Gasteiger partial charge is 0.550 e. The predicted octanol–water partition coefficient (Wildman–Crippen LogP) is 8.19. The molecular weight excluding hydrogens is 572 g/mol. The molecule has 270 valence electrons. The van der Waals surface area contributed by atoms with Gasteiger partial charge in [-0.1, -0.05) is 141 Å². The number of hydrogen-bond donors (Lipinski definition) is 0. The Kier molecular flexibility index (Phi) is 30.5. The molecule has 0 spiro atoms. The lowest BCUT2D eigenvalue weighted by Crippen LogP contribution is -2.42. The Morgan fingerprint density at radius 3 is 0.935 bits per heavy atom. The van der Waals surface area contributed by atoms with Gasteiger partial charge in [-0.05, 0) is 39.5 Å². The fraction of sp³-hybridized carbons (Fsp3) is 0.800. The normalized spacial score (nSPS) is 11.3. The highest BCUT2D eigenvalue weighted by molar-refractivity contribution is 5.60. The summed E-state index contributed by atoms with van der Waals surface area (Å²) < 4.78 is 2.22. The lowest BCUT2D eigenvalue weighted by atomic mass is 10.0. The molecule has 46 heavy (non-hydrogen) atoms. The number of nitrogens with zero attached hydrogens (tertiary/aromatic N) is 2. The molecule has 6 heteroatoms. The van der Waals surface area contributed by atoms with Gasteiger partial charge in [0.2, 0.25) is 0 Å². The molecular formula is C40H76N2O4. The van der Waals surface area contributed by atoms with Crippen molar-refractivity contribution in [3.05, 3.63) is 35.4 Å². The van der Waals surface area contributed by atoms with Gasteiger partial charge in [0.1, 0.15) is 13.1 Å². The van der Waals surface area contributed by atoms with E-state index in [1.54, 1.807) is 11.1 Å². The third kappa shape index (κ3) is 34.9. The summed E-state index contributed by atoms with van der Waals surface area (Å²) in [4.78, 5) is 17.8. The Labute approximate surface area is 286 Å². The number of carbonyl (C=O) groups excluding carboxylic acids is 2. The van der Waals surface area contributed by atoms with Crippen molar-refractivity contribution < 1.29 is 28.8 Å². The third-order valence-electron chi connectivity index (χ3n) is 8.55. The number of rotatable bonds is 26. The quantitative estimate of drug-likeness (QED) is 0.0749. The van der Waals surface area contributed by atoms with Crippen molar-refractivity contribution >= 4 is 11.9 Å². The molecule has 1 aromatic rings. The van der Waals surface area contributed by atoms with Crippen molar-refractivity contribution in [2.45, 2.75) is 169 Å². The summed E-state index contributed by atoms with van der Waals surface area (Å²) >= 11 is 0. The molecule has 0 heterocycles. The number of carboxylic acids is 2. The zero-order valence-corrected chi connectivity index (χ0v) is 31.8. The van der Waals surface area contributed by atoms with Crippen LogP contribution in [0.3, 0.4) is 0 Å². The van der Waals surface area contributed by atoms with Crippen LogP contribution in [0.5, 0.6) is 0 Å². The zero-order valence-electron chi connectivity index (χ0n) is 31.8. The van der Waals surface area contributed by atoms with Crippen molar-refractivity contribution in [3.63, 3.8) is 0 Å². The number of carboxylic acid groups (broad SMARTS) is 2. The van der Waals surface area contributed by atoms with E-state index in [1.165, 1.54) is 142 Å². The van der Waals surface area contributed by atoms with Crippen LogP contribution in [0, 0.1) is 0 Å². The molecule has 0 aliphatic heterocycles. The Bertz CT molecular complexity index is 776. The molecule has 0 amide bonds. The maximum absolute atomic E-state index is 8.89. The summed E-state index contributed by atoms with van der Waals surface area (Å²) in [6.07, 6.45) is 28.4. The molecule has 0 saturated heterocycles. The van der Waals surface area contributed by atoms with Crippen LogP contribution in [-0.4, -0.2) is 62.2 Å². The molecule has 0 radical (unpaired) electrons. The molecule has 1 aromatic carbocycles. The smallest absolute Gasteiger partial charge is 0.104 e. The highest BCUT2D eigenvalue weighted by Gasteiger charge is 2.22. The maximum Gasteiger partial charge on any atom is 0.104 e. The van der Waals surface area contributed by atoms with E-state index in [0.717, 1.165) is 35.9 Å². The van der Waals surface area contributed by atoms with Gasteiger partial charge in [-0.15, -0.1) is 0 Å². The van der Waals surface area contributed by atoms with Gasteiger partial charge in [-0.2, -0.15) is 0 Å². The second-order valence-corrected chi connectivity index (χ2v) is 14.8. The Hall–Kier alpha value is -1.92. The van der Waals surface area contributed by atoms with E-state index in [2.05, 4.69) is 66.3 Å². The average molecular weight is 649 g/mol. The first-order valence-electron chi connectivity index (χ1n) is 18.8. The standard InChI is InChI=1S/C36H70N2.2C2H4O2/c1-7-9-11-13-15-17-19-21-23-27-31-37(3,4)33-35-29-25-26-30-36(35)34-38(5,6)32-28-24-22-20-18-16-14-12-10-8-2;2*1-2(3)4/h25-26,29-30H,7-24,27-28,31-34H2,1-6H3;2*1H3,(H,3,4)/q+2;;/p-2. The number of benzene rings is 1. The molecule has 0 atom stereocenters. The van der Waals surface area contributed by atoms with Gasteiger partial charge >= 0.3 is 0 Å². The SMILES string of the molecule is CC(=O)[O-].CC(=O)[O-].CCCCCCCCCCCC[N+](C)(C)Cc1ccccc1C[N+](C)(C)CCCCCCCCCCCC. The minimum absolute atomic E-state index is 0.972. The van der Waals surface area contributed by atoms with E-state index >= 15 is 0 Å². The van der Waals surface area contributed by atoms with Crippen molar-refractivity contribution in [1.82, 2.24) is 0 Å². The monoisotopic (exact) mass is 649 g/mol. The Balaban J connectivity index is 0. The molecule has 1 rings (SSSR count). The maximum atomic E-state index is 8.89. The minimum atomic E-state index is -1.08. The lowest BCUT2D eigenvalue weighted by molar-refractivity contribution is -0.907. The molecule has 0 saturated carbocycles. The highest BCUT2D eigenvalue weighted by Crippen LogP contribution is 2.21. The van der Waals surface area contributed by atoms with E-state index < -0.39 is 11.9 Å².